The molecule has 0 atom stereocenters. The van der Waals surface area contributed by atoms with Gasteiger partial charge in [0.05, 0.1) is 18.8 Å². The Kier molecular flexibility index (Phi) is 5.42. The smallest absolute Gasteiger partial charge is 0.276 e. The zero-order chi connectivity index (χ0) is 20.2. The Balaban J connectivity index is 1.69. The van der Waals surface area contributed by atoms with Crippen LogP contribution in [0.3, 0.4) is 0 Å². The third-order valence-corrected chi connectivity index (χ3v) is 4.76. The number of unbranched alkanes of at least 4 members (excludes halogenated alkanes) is 1. The lowest BCUT2D eigenvalue weighted by atomic mass is 10.1. The van der Waals surface area contributed by atoms with E-state index in [-0.39, 0.29) is 11.4 Å². The molecule has 5 nitrogen and oxygen atoms in total. The normalized spacial score (nSPS) is 11.1. The van der Waals surface area contributed by atoms with Crippen LogP contribution in [0.4, 0.5) is 4.39 Å². The highest BCUT2D eigenvalue weighted by atomic mass is 19.1. The maximum atomic E-state index is 13.5. The maximum Gasteiger partial charge on any atom is 0.276 e. The first-order valence-corrected chi connectivity index (χ1v) is 9.71. The Labute approximate surface area is 168 Å². The van der Waals surface area contributed by atoms with Gasteiger partial charge in [-0.1, -0.05) is 37.6 Å². The average molecular weight is 391 g/mol. The van der Waals surface area contributed by atoms with Gasteiger partial charge in [-0.05, 0) is 42.3 Å². The summed E-state index contributed by atoms with van der Waals surface area (Å²) in [5.41, 5.74) is 2.54. The Bertz CT molecular complexity index is 1200. The Morgan fingerprint density at radius 2 is 1.93 bits per heavy atom. The van der Waals surface area contributed by atoms with Crippen LogP contribution in [0.25, 0.3) is 16.8 Å². The van der Waals surface area contributed by atoms with Gasteiger partial charge < -0.3 is 9.30 Å². The summed E-state index contributed by atoms with van der Waals surface area (Å²) in [5, 5.41) is 4.56. The fourth-order valence-corrected chi connectivity index (χ4v) is 3.24. The molecule has 0 amide bonds. The van der Waals surface area contributed by atoms with Crippen molar-refractivity contribution in [1.82, 2.24) is 14.2 Å². The van der Waals surface area contributed by atoms with Gasteiger partial charge in [-0.3, -0.25) is 4.79 Å². The highest BCUT2D eigenvalue weighted by molar-refractivity contribution is 5.71. The second-order valence-electron chi connectivity index (χ2n) is 6.92. The average Bonchev–Trinajstić information content (AvgIpc) is 3.16. The van der Waals surface area contributed by atoms with Crippen LogP contribution in [0.2, 0.25) is 0 Å². The Hall–Kier alpha value is -3.41. The number of hydrogen-bond donors (Lipinski definition) is 0. The van der Waals surface area contributed by atoms with Crippen molar-refractivity contribution < 1.29 is 9.13 Å². The predicted octanol–water partition coefficient (Wildman–Crippen LogP) is 4.53. The SMILES string of the molecule is CCCCOc1ccccc1-c1cc2c(=O)n(Cc3cccc(F)c3)ccn2n1. The summed E-state index contributed by atoms with van der Waals surface area (Å²) in [6, 6.07) is 15.7. The van der Waals surface area contributed by atoms with E-state index in [1.54, 1.807) is 39.7 Å². The van der Waals surface area contributed by atoms with E-state index in [4.69, 9.17) is 4.74 Å². The molecule has 0 saturated heterocycles. The Morgan fingerprint density at radius 1 is 1.07 bits per heavy atom. The van der Waals surface area contributed by atoms with Gasteiger partial charge in [0.25, 0.3) is 5.56 Å². The van der Waals surface area contributed by atoms with Crippen molar-refractivity contribution >= 4 is 5.52 Å². The molecule has 2 heterocycles. The van der Waals surface area contributed by atoms with Crippen molar-refractivity contribution in [3.8, 4) is 17.0 Å². The number of hydrogen-bond acceptors (Lipinski definition) is 3. The van der Waals surface area contributed by atoms with E-state index in [2.05, 4.69) is 12.0 Å². The van der Waals surface area contributed by atoms with Crippen molar-refractivity contribution in [2.75, 3.05) is 6.61 Å². The molecule has 0 bridgehead atoms. The second-order valence-corrected chi connectivity index (χ2v) is 6.92. The zero-order valence-electron chi connectivity index (χ0n) is 16.2. The van der Waals surface area contributed by atoms with Crippen LogP contribution < -0.4 is 10.3 Å². The lowest BCUT2D eigenvalue weighted by Gasteiger charge is -2.09. The lowest BCUT2D eigenvalue weighted by molar-refractivity contribution is 0.310. The number of aromatic nitrogens is 3. The molecule has 0 unspecified atom stereocenters. The minimum Gasteiger partial charge on any atom is -0.493 e. The first kappa shape index (κ1) is 18.9. The number of nitrogens with zero attached hydrogens (tertiary/aromatic N) is 3. The van der Waals surface area contributed by atoms with Gasteiger partial charge in [0.2, 0.25) is 0 Å². The van der Waals surface area contributed by atoms with E-state index in [0.717, 1.165) is 29.7 Å². The van der Waals surface area contributed by atoms with E-state index in [1.165, 1.54) is 12.1 Å². The standard InChI is InChI=1S/C23H22FN3O2/c1-2-3-13-29-22-10-5-4-9-19(22)20-15-21-23(28)26(11-12-27(21)25-20)16-17-7-6-8-18(24)14-17/h4-12,14-15H,2-3,13,16H2,1H3. The van der Waals surface area contributed by atoms with Crippen molar-refractivity contribution in [2.45, 2.75) is 26.3 Å². The van der Waals surface area contributed by atoms with Gasteiger partial charge in [0.15, 0.2) is 0 Å². The molecule has 0 fully saturated rings. The highest BCUT2D eigenvalue weighted by Gasteiger charge is 2.13. The molecule has 6 heteroatoms. The minimum absolute atomic E-state index is 0.181. The number of ether oxygens (including phenoxy) is 1. The summed E-state index contributed by atoms with van der Waals surface area (Å²) in [4.78, 5) is 12.9. The molecular formula is C23H22FN3O2. The molecule has 0 saturated carbocycles. The fraction of sp³-hybridized carbons (Fsp3) is 0.217. The molecular weight excluding hydrogens is 369 g/mol. The van der Waals surface area contributed by atoms with Gasteiger partial charge in [-0.25, -0.2) is 8.91 Å². The first-order valence-electron chi connectivity index (χ1n) is 9.71. The van der Waals surface area contributed by atoms with Crippen LogP contribution >= 0.6 is 0 Å². The second kappa shape index (κ2) is 8.31. The predicted molar refractivity (Wildman–Crippen MR) is 111 cm³/mol. The van der Waals surface area contributed by atoms with Gasteiger partial charge in [-0.15, -0.1) is 0 Å². The molecule has 0 aliphatic heterocycles. The van der Waals surface area contributed by atoms with E-state index in [1.807, 2.05) is 24.3 Å². The van der Waals surface area contributed by atoms with Crippen LogP contribution in [-0.4, -0.2) is 20.8 Å². The Morgan fingerprint density at radius 3 is 2.76 bits per heavy atom. The first-order chi connectivity index (χ1) is 14.2. The molecule has 0 aliphatic carbocycles. The summed E-state index contributed by atoms with van der Waals surface area (Å²) in [5.74, 6) is 0.437. The molecule has 0 radical (unpaired) electrons. The van der Waals surface area contributed by atoms with Gasteiger partial charge in [-0.2, -0.15) is 5.10 Å². The zero-order valence-corrected chi connectivity index (χ0v) is 16.2. The van der Waals surface area contributed by atoms with Crippen LogP contribution in [0, 0.1) is 5.82 Å². The van der Waals surface area contributed by atoms with E-state index in [9.17, 15) is 9.18 Å². The monoisotopic (exact) mass is 391 g/mol. The van der Waals surface area contributed by atoms with E-state index in [0.29, 0.717) is 24.4 Å². The summed E-state index contributed by atoms with van der Waals surface area (Å²) in [6.45, 7) is 3.05. The minimum atomic E-state index is -0.317. The third-order valence-electron chi connectivity index (χ3n) is 4.76. The fourth-order valence-electron chi connectivity index (χ4n) is 3.24. The molecule has 29 heavy (non-hydrogen) atoms. The van der Waals surface area contributed by atoms with Crippen LogP contribution in [0.5, 0.6) is 5.75 Å². The van der Waals surface area contributed by atoms with Crippen LogP contribution in [-0.2, 0) is 6.54 Å². The topological polar surface area (TPSA) is 48.5 Å². The van der Waals surface area contributed by atoms with Crippen molar-refractivity contribution in [1.29, 1.82) is 0 Å². The molecule has 2 aromatic heterocycles. The summed E-state index contributed by atoms with van der Waals surface area (Å²) >= 11 is 0. The molecule has 0 N–H and O–H groups in total. The van der Waals surface area contributed by atoms with Crippen molar-refractivity contribution in [3.05, 3.63) is 88.7 Å². The molecule has 2 aromatic carbocycles. The quantitative estimate of drug-likeness (QED) is 0.435. The third kappa shape index (κ3) is 4.06. The van der Waals surface area contributed by atoms with Gasteiger partial charge in [0, 0.05) is 18.0 Å². The molecule has 0 aliphatic rings. The van der Waals surface area contributed by atoms with Crippen LogP contribution in [0.1, 0.15) is 25.3 Å². The van der Waals surface area contributed by atoms with Crippen molar-refractivity contribution in [3.63, 3.8) is 0 Å². The number of benzene rings is 2. The number of para-hydroxylation sites is 1. The highest BCUT2D eigenvalue weighted by Crippen LogP contribution is 2.29. The number of rotatable bonds is 7. The summed E-state index contributed by atoms with van der Waals surface area (Å²) in [6.07, 6.45) is 5.44. The summed E-state index contributed by atoms with van der Waals surface area (Å²) < 4.78 is 22.5. The van der Waals surface area contributed by atoms with Gasteiger partial charge in [0.1, 0.15) is 17.1 Å². The number of fused-ring (bicyclic) bond motifs is 1. The van der Waals surface area contributed by atoms with Crippen molar-refractivity contribution in [2.24, 2.45) is 0 Å². The summed E-state index contributed by atoms with van der Waals surface area (Å²) in [7, 11) is 0. The largest absolute Gasteiger partial charge is 0.493 e. The lowest BCUT2D eigenvalue weighted by Crippen LogP contribution is -2.21. The maximum absolute atomic E-state index is 13.5. The molecule has 0 spiro atoms. The number of halogens is 1. The van der Waals surface area contributed by atoms with Gasteiger partial charge >= 0.3 is 0 Å². The molecule has 4 rings (SSSR count). The van der Waals surface area contributed by atoms with E-state index < -0.39 is 0 Å². The molecule has 148 valence electrons. The van der Waals surface area contributed by atoms with E-state index >= 15 is 0 Å². The van der Waals surface area contributed by atoms with Crippen LogP contribution in [0.15, 0.2) is 71.8 Å². The molecule has 4 aromatic rings.